The quantitative estimate of drug-likeness (QED) is 0.912. The zero-order valence-corrected chi connectivity index (χ0v) is 13.6. The van der Waals surface area contributed by atoms with Crippen LogP contribution in [0.3, 0.4) is 0 Å². The van der Waals surface area contributed by atoms with Crippen molar-refractivity contribution in [2.24, 2.45) is 0 Å². The lowest BCUT2D eigenvalue weighted by molar-refractivity contribution is 0.0122. The summed E-state index contributed by atoms with van der Waals surface area (Å²) < 4.78 is 5.50. The minimum absolute atomic E-state index is 0.0634. The molecule has 1 aromatic rings. The Balaban J connectivity index is 2.09. The Morgan fingerprint density at radius 2 is 2.14 bits per heavy atom. The van der Waals surface area contributed by atoms with Gasteiger partial charge in [0.2, 0.25) is 0 Å². The van der Waals surface area contributed by atoms with Crippen molar-refractivity contribution < 1.29 is 9.53 Å². The van der Waals surface area contributed by atoms with E-state index < -0.39 is 5.60 Å². The lowest BCUT2D eigenvalue weighted by atomic mass is 10.0. The van der Waals surface area contributed by atoms with Crippen molar-refractivity contribution >= 4 is 17.7 Å². The van der Waals surface area contributed by atoms with Crippen LogP contribution < -0.4 is 5.32 Å². The second-order valence-electron chi connectivity index (χ2n) is 6.33. The fraction of sp³-hybridized carbons (Fsp3) is 0.562. The molecule has 5 heteroatoms. The molecular formula is C16H23ClN2O2. The molecule has 0 aromatic heterocycles. The fourth-order valence-corrected chi connectivity index (χ4v) is 2.63. The van der Waals surface area contributed by atoms with Gasteiger partial charge in [-0.2, -0.15) is 0 Å². The number of benzene rings is 1. The number of nitrogens with zero attached hydrogens (tertiary/aromatic N) is 1. The Kier molecular flexibility index (Phi) is 5.12. The summed E-state index contributed by atoms with van der Waals surface area (Å²) in [6, 6.07) is 7.83. The minimum Gasteiger partial charge on any atom is -0.444 e. The van der Waals surface area contributed by atoms with E-state index in [1.54, 1.807) is 0 Å². The molecule has 1 N–H and O–H groups in total. The van der Waals surface area contributed by atoms with Crippen LogP contribution in [-0.2, 0) is 11.2 Å². The molecule has 1 fully saturated rings. The molecule has 1 heterocycles. The van der Waals surface area contributed by atoms with Crippen molar-refractivity contribution in [3.63, 3.8) is 0 Å². The number of nitrogens with one attached hydrogen (secondary N) is 1. The molecule has 1 saturated heterocycles. The van der Waals surface area contributed by atoms with Gasteiger partial charge in [-0.25, -0.2) is 4.79 Å². The lowest BCUT2D eigenvalue weighted by Crippen LogP contribution is -2.55. The normalized spacial score (nSPS) is 19.4. The highest BCUT2D eigenvalue weighted by Gasteiger charge is 2.30. The van der Waals surface area contributed by atoms with Crippen LogP contribution in [0.15, 0.2) is 24.3 Å². The molecule has 0 saturated carbocycles. The van der Waals surface area contributed by atoms with Crippen LogP contribution in [-0.4, -0.2) is 42.3 Å². The third kappa shape index (κ3) is 4.61. The Labute approximate surface area is 131 Å². The summed E-state index contributed by atoms with van der Waals surface area (Å²) in [5.41, 5.74) is 0.582. The van der Waals surface area contributed by atoms with Crippen molar-refractivity contribution in [3.8, 4) is 0 Å². The average Bonchev–Trinajstić information content (AvgIpc) is 2.40. The molecule has 116 valence electrons. The number of amides is 1. The number of piperazine rings is 1. The van der Waals surface area contributed by atoms with Crippen LogP contribution in [0.25, 0.3) is 0 Å². The zero-order valence-electron chi connectivity index (χ0n) is 12.9. The van der Waals surface area contributed by atoms with E-state index in [1.807, 2.05) is 49.9 Å². The first kappa shape index (κ1) is 16.1. The number of hydrogen-bond acceptors (Lipinski definition) is 3. The molecule has 21 heavy (non-hydrogen) atoms. The van der Waals surface area contributed by atoms with Gasteiger partial charge in [-0.3, -0.25) is 0 Å². The van der Waals surface area contributed by atoms with Gasteiger partial charge >= 0.3 is 6.09 Å². The fourth-order valence-electron chi connectivity index (χ4n) is 2.42. The molecule has 0 radical (unpaired) electrons. The summed E-state index contributed by atoms with van der Waals surface area (Å²) in [4.78, 5) is 14.2. The highest BCUT2D eigenvalue weighted by Crippen LogP contribution is 2.20. The van der Waals surface area contributed by atoms with E-state index in [-0.39, 0.29) is 12.1 Å². The van der Waals surface area contributed by atoms with Crippen molar-refractivity contribution in [2.75, 3.05) is 19.6 Å². The van der Waals surface area contributed by atoms with E-state index in [0.717, 1.165) is 30.1 Å². The summed E-state index contributed by atoms with van der Waals surface area (Å²) in [5.74, 6) is 0. The number of halogens is 1. The maximum atomic E-state index is 12.3. The summed E-state index contributed by atoms with van der Waals surface area (Å²) in [6.45, 7) is 7.86. The van der Waals surface area contributed by atoms with Crippen molar-refractivity contribution in [3.05, 3.63) is 34.9 Å². The Hall–Kier alpha value is -1.26. The van der Waals surface area contributed by atoms with E-state index in [2.05, 4.69) is 5.32 Å². The Bertz CT molecular complexity index is 499. The third-order valence-electron chi connectivity index (χ3n) is 3.39. The predicted molar refractivity (Wildman–Crippen MR) is 84.8 cm³/mol. The summed E-state index contributed by atoms with van der Waals surface area (Å²) in [6.07, 6.45) is 0.479. The number of hydrogen-bond donors (Lipinski definition) is 1. The van der Waals surface area contributed by atoms with E-state index in [4.69, 9.17) is 16.3 Å². The van der Waals surface area contributed by atoms with Crippen molar-refractivity contribution in [2.45, 2.75) is 38.8 Å². The molecule has 0 aliphatic carbocycles. The summed E-state index contributed by atoms with van der Waals surface area (Å²) in [5, 5.41) is 4.07. The Morgan fingerprint density at radius 3 is 2.81 bits per heavy atom. The number of ether oxygens (including phenoxy) is 1. The third-order valence-corrected chi connectivity index (χ3v) is 3.76. The maximum absolute atomic E-state index is 12.3. The molecule has 1 amide bonds. The van der Waals surface area contributed by atoms with Crippen LogP contribution in [0.1, 0.15) is 26.3 Å². The molecular weight excluding hydrogens is 288 g/mol. The van der Waals surface area contributed by atoms with E-state index >= 15 is 0 Å². The average molecular weight is 311 g/mol. The molecule has 4 nitrogen and oxygen atoms in total. The highest BCUT2D eigenvalue weighted by molar-refractivity contribution is 6.31. The van der Waals surface area contributed by atoms with Crippen molar-refractivity contribution in [1.82, 2.24) is 10.2 Å². The number of carbonyl (C=O) groups excluding carboxylic acids is 1. The van der Waals surface area contributed by atoms with Crippen LogP contribution >= 0.6 is 11.6 Å². The SMILES string of the molecule is CC(C)(C)OC(=O)N1CCNCC1Cc1ccccc1Cl. The second kappa shape index (κ2) is 6.67. The molecule has 1 aliphatic rings. The first-order valence-electron chi connectivity index (χ1n) is 7.30. The van der Waals surface area contributed by atoms with Crippen LogP contribution in [0.2, 0.25) is 5.02 Å². The summed E-state index contributed by atoms with van der Waals surface area (Å²) >= 11 is 6.22. The highest BCUT2D eigenvalue weighted by atomic mass is 35.5. The van der Waals surface area contributed by atoms with E-state index in [1.165, 1.54) is 0 Å². The summed E-state index contributed by atoms with van der Waals surface area (Å²) in [7, 11) is 0. The van der Waals surface area contributed by atoms with Crippen LogP contribution in [0, 0.1) is 0 Å². The van der Waals surface area contributed by atoms with Gasteiger partial charge in [0.25, 0.3) is 0 Å². The molecule has 1 aromatic carbocycles. The zero-order chi connectivity index (χ0) is 15.5. The molecule has 1 aliphatic heterocycles. The van der Waals surface area contributed by atoms with E-state index in [9.17, 15) is 4.79 Å². The molecule has 1 unspecified atom stereocenters. The molecule has 2 rings (SSSR count). The van der Waals surface area contributed by atoms with Gasteiger partial charge in [-0.1, -0.05) is 29.8 Å². The lowest BCUT2D eigenvalue weighted by Gasteiger charge is -2.37. The van der Waals surface area contributed by atoms with Gasteiger partial charge in [0, 0.05) is 24.7 Å². The minimum atomic E-state index is -0.475. The van der Waals surface area contributed by atoms with Crippen LogP contribution in [0.5, 0.6) is 0 Å². The van der Waals surface area contributed by atoms with Gasteiger partial charge in [-0.05, 0) is 38.8 Å². The van der Waals surface area contributed by atoms with Gasteiger partial charge in [0.1, 0.15) is 5.60 Å². The Morgan fingerprint density at radius 1 is 1.43 bits per heavy atom. The largest absolute Gasteiger partial charge is 0.444 e. The molecule has 1 atom stereocenters. The van der Waals surface area contributed by atoms with Gasteiger partial charge < -0.3 is 15.0 Å². The first-order valence-corrected chi connectivity index (χ1v) is 7.68. The maximum Gasteiger partial charge on any atom is 0.410 e. The van der Waals surface area contributed by atoms with Crippen molar-refractivity contribution in [1.29, 1.82) is 0 Å². The molecule has 0 spiro atoms. The second-order valence-corrected chi connectivity index (χ2v) is 6.73. The molecule has 0 bridgehead atoms. The van der Waals surface area contributed by atoms with Crippen LogP contribution in [0.4, 0.5) is 4.79 Å². The van der Waals surface area contributed by atoms with Gasteiger partial charge in [0.15, 0.2) is 0 Å². The van der Waals surface area contributed by atoms with Gasteiger partial charge in [0.05, 0.1) is 6.04 Å². The first-order chi connectivity index (χ1) is 9.87. The monoisotopic (exact) mass is 310 g/mol. The predicted octanol–water partition coefficient (Wildman–Crippen LogP) is 3.09. The number of carbonyl (C=O) groups is 1. The van der Waals surface area contributed by atoms with E-state index in [0.29, 0.717) is 6.54 Å². The van der Waals surface area contributed by atoms with Gasteiger partial charge in [-0.15, -0.1) is 0 Å². The smallest absolute Gasteiger partial charge is 0.410 e. The topological polar surface area (TPSA) is 41.6 Å². The number of rotatable bonds is 2. The standard InChI is InChI=1S/C16H23ClN2O2/c1-16(2,3)21-15(20)19-9-8-18-11-13(19)10-12-6-4-5-7-14(12)17/h4-7,13,18H,8-11H2,1-3H3.